The molecule has 0 unspecified atom stereocenters. The predicted molar refractivity (Wildman–Crippen MR) is 204 cm³/mol. The van der Waals surface area contributed by atoms with Crippen LogP contribution in [0.15, 0.2) is 158 Å². The zero-order valence-corrected chi connectivity index (χ0v) is 26.5. The van der Waals surface area contributed by atoms with Crippen molar-refractivity contribution in [2.24, 2.45) is 0 Å². The fraction of sp³-hybridized carbons (Fsp3) is 0. The second kappa shape index (κ2) is 10.1. The Morgan fingerprint density at radius 2 is 0.848 bits per heavy atom. The summed E-state index contributed by atoms with van der Waals surface area (Å²) in [5.41, 5.74) is 6.50. The lowest BCUT2D eigenvalue weighted by molar-refractivity contribution is 1.68. The smallest absolute Gasteiger partial charge is 0.0534 e. The van der Waals surface area contributed by atoms with Crippen LogP contribution in [-0.2, 0) is 0 Å². The van der Waals surface area contributed by atoms with Crippen LogP contribution in [0.4, 0.5) is 0 Å². The maximum absolute atomic E-state index is 2.37. The molecule has 2 heterocycles. The van der Waals surface area contributed by atoms with E-state index in [9.17, 15) is 0 Å². The molecule has 0 atom stereocenters. The van der Waals surface area contributed by atoms with Gasteiger partial charge in [0.05, 0.1) is 9.40 Å². The van der Waals surface area contributed by atoms with Crippen molar-refractivity contribution in [3.05, 3.63) is 158 Å². The first kappa shape index (κ1) is 26.0. The average Bonchev–Trinajstić information content (AvgIpc) is 3.70. The number of rotatable bonds is 3. The molecule has 214 valence electrons. The van der Waals surface area contributed by atoms with Gasteiger partial charge in [0.15, 0.2) is 0 Å². The minimum absolute atomic E-state index is 1.26. The zero-order chi connectivity index (χ0) is 30.2. The van der Waals surface area contributed by atoms with Gasteiger partial charge in [0.1, 0.15) is 0 Å². The molecule has 0 fully saturated rings. The van der Waals surface area contributed by atoms with Gasteiger partial charge in [-0.05, 0) is 55.1 Å². The van der Waals surface area contributed by atoms with Gasteiger partial charge in [0.25, 0.3) is 0 Å². The number of hydrogen-bond acceptors (Lipinski definition) is 2. The standard InChI is InChI=1S/C44H26S2/c1-2-14-28(15-3-1)39-37-26-25-36-30-18-10-11-24-38(30)45-42(36)43(37)46-44(39)41-34-21-8-6-19-32(34)40(33-20-7-9-22-35(33)41)31-23-12-16-27-13-4-5-17-29(27)31/h1-26H. The fourth-order valence-electron chi connectivity index (χ4n) is 7.51. The van der Waals surface area contributed by atoms with Crippen LogP contribution in [0.3, 0.4) is 0 Å². The van der Waals surface area contributed by atoms with Crippen LogP contribution in [0, 0.1) is 0 Å². The Labute approximate surface area is 274 Å². The molecule has 0 aliphatic heterocycles. The Bertz CT molecular complexity index is 2740. The summed E-state index contributed by atoms with van der Waals surface area (Å²) in [6, 6.07) is 58.1. The molecule has 0 saturated heterocycles. The van der Waals surface area contributed by atoms with Crippen molar-refractivity contribution in [1.82, 2.24) is 0 Å². The highest BCUT2D eigenvalue weighted by Gasteiger charge is 2.24. The molecule has 0 aliphatic carbocycles. The SMILES string of the molecule is c1ccc(-c2c(-c3c4ccccc4c(-c4cccc5ccccc45)c4ccccc34)sc3c2ccc2c4ccccc4sc23)cc1. The summed E-state index contributed by atoms with van der Waals surface area (Å²) in [6.07, 6.45) is 0. The first-order chi connectivity index (χ1) is 22.8. The van der Waals surface area contributed by atoms with Crippen LogP contribution in [-0.4, -0.2) is 0 Å². The van der Waals surface area contributed by atoms with Crippen molar-refractivity contribution in [2.45, 2.75) is 0 Å². The third kappa shape index (κ3) is 3.72. The van der Waals surface area contributed by atoms with Crippen molar-refractivity contribution < 1.29 is 0 Å². The summed E-state index contributed by atoms with van der Waals surface area (Å²) in [6.45, 7) is 0. The number of thiophene rings is 2. The second-order valence-electron chi connectivity index (χ2n) is 12.0. The molecule has 2 aromatic heterocycles. The lowest BCUT2D eigenvalue weighted by atomic mass is 9.85. The molecule has 10 rings (SSSR count). The highest BCUT2D eigenvalue weighted by atomic mass is 32.1. The van der Waals surface area contributed by atoms with Gasteiger partial charge in [0, 0.05) is 36.9 Å². The highest BCUT2D eigenvalue weighted by molar-refractivity contribution is 7.32. The molecule has 2 heteroatoms. The van der Waals surface area contributed by atoms with Crippen LogP contribution in [0.1, 0.15) is 0 Å². The molecule has 0 N–H and O–H groups in total. The molecule has 10 aromatic rings. The van der Waals surface area contributed by atoms with Crippen molar-refractivity contribution >= 4 is 85.2 Å². The van der Waals surface area contributed by atoms with Crippen LogP contribution in [0.25, 0.3) is 95.3 Å². The topological polar surface area (TPSA) is 0 Å². The first-order valence-corrected chi connectivity index (χ1v) is 17.3. The Kier molecular flexibility index (Phi) is 5.72. The molecule has 0 nitrogen and oxygen atoms in total. The van der Waals surface area contributed by atoms with Crippen LogP contribution in [0.2, 0.25) is 0 Å². The molecular weight excluding hydrogens is 593 g/mol. The lowest BCUT2D eigenvalue weighted by Crippen LogP contribution is -1.91. The van der Waals surface area contributed by atoms with Gasteiger partial charge in [-0.25, -0.2) is 0 Å². The summed E-state index contributed by atoms with van der Waals surface area (Å²) < 4.78 is 4.10. The minimum atomic E-state index is 1.26. The number of benzene rings is 8. The van der Waals surface area contributed by atoms with Crippen molar-refractivity contribution in [1.29, 1.82) is 0 Å². The molecule has 0 saturated carbocycles. The van der Waals surface area contributed by atoms with Crippen molar-refractivity contribution in [3.8, 4) is 32.7 Å². The molecule has 0 radical (unpaired) electrons. The number of fused-ring (bicyclic) bond motifs is 8. The Hall–Kier alpha value is -5.28. The summed E-state index contributed by atoms with van der Waals surface area (Å²) in [5, 5.41) is 11.7. The molecule has 0 amide bonds. The van der Waals surface area contributed by atoms with Gasteiger partial charge in [-0.15, -0.1) is 22.7 Å². The van der Waals surface area contributed by atoms with Gasteiger partial charge >= 0.3 is 0 Å². The van der Waals surface area contributed by atoms with E-state index in [0.29, 0.717) is 0 Å². The van der Waals surface area contributed by atoms with Crippen molar-refractivity contribution in [3.63, 3.8) is 0 Å². The normalized spacial score (nSPS) is 11.9. The van der Waals surface area contributed by atoms with Gasteiger partial charge < -0.3 is 0 Å². The van der Waals surface area contributed by atoms with E-state index >= 15 is 0 Å². The molecular formula is C44H26S2. The summed E-state index contributed by atoms with van der Waals surface area (Å²) in [4.78, 5) is 1.34. The third-order valence-electron chi connectivity index (χ3n) is 9.48. The predicted octanol–water partition coefficient (Wildman–Crippen LogP) is 13.7. The van der Waals surface area contributed by atoms with Crippen LogP contribution < -0.4 is 0 Å². The maximum atomic E-state index is 2.37. The van der Waals surface area contributed by atoms with E-state index in [-0.39, 0.29) is 0 Å². The van der Waals surface area contributed by atoms with Gasteiger partial charge in [0.2, 0.25) is 0 Å². The van der Waals surface area contributed by atoms with E-state index in [2.05, 4.69) is 158 Å². The Morgan fingerprint density at radius 3 is 1.59 bits per heavy atom. The van der Waals surface area contributed by atoms with E-state index < -0.39 is 0 Å². The summed E-state index contributed by atoms with van der Waals surface area (Å²) >= 11 is 3.88. The molecule has 0 aliphatic rings. The molecule has 46 heavy (non-hydrogen) atoms. The molecule has 0 spiro atoms. The second-order valence-corrected chi connectivity index (χ2v) is 14.0. The van der Waals surface area contributed by atoms with E-state index in [1.165, 1.54) is 95.3 Å². The lowest BCUT2D eigenvalue weighted by Gasteiger charge is -2.19. The van der Waals surface area contributed by atoms with E-state index in [4.69, 9.17) is 0 Å². The summed E-state index contributed by atoms with van der Waals surface area (Å²) in [5.74, 6) is 0. The van der Waals surface area contributed by atoms with Crippen molar-refractivity contribution in [2.75, 3.05) is 0 Å². The highest BCUT2D eigenvalue weighted by Crippen LogP contribution is 2.54. The first-order valence-electron chi connectivity index (χ1n) is 15.7. The van der Waals surface area contributed by atoms with Crippen LogP contribution >= 0.6 is 22.7 Å². The summed E-state index contributed by atoms with van der Waals surface area (Å²) in [7, 11) is 0. The molecule has 8 aromatic carbocycles. The number of hydrogen-bond donors (Lipinski definition) is 0. The quantitative estimate of drug-likeness (QED) is 0.173. The van der Waals surface area contributed by atoms with Gasteiger partial charge in [-0.3, -0.25) is 0 Å². The largest absolute Gasteiger partial charge is 0.134 e. The minimum Gasteiger partial charge on any atom is -0.134 e. The maximum Gasteiger partial charge on any atom is 0.0534 e. The zero-order valence-electron chi connectivity index (χ0n) is 24.8. The third-order valence-corrected chi connectivity index (χ3v) is 12.1. The van der Waals surface area contributed by atoms with E-state index in [0.717, 1.165) is 0 Å². The van der Waals surface area contributed by atoms with E-state index in [1.807, 2.05) is 22.7 Å². The Balaban J connectivity index is 1.39. The Morgan fingerprint density at radius 1 is 0.304 bits per heavy atom. The van der Waals surface area contributed by atoms with Gasteiger partial charge in [-0.1, -0.05) is 152 Å². The monoisotopic (exact) mass is 618 g/mol. The fourth-order valence-corrected chi connectivity index (χ4v) is 10.2. The molecule has 0 bridgehead atoms. The van der Waals surface area contributed by atoms with Gasteiger partial charge in [-0.2, -0.15) is 0 Å². The average molecular weight is 619 g/mol. The van der Waals surface area contributed by atoms with E-state index in [1.54, 1.807) is 0 Å². The van der Waals surface area contributed by atoms with Crippen LogP contribution in [0.5, 0.6) is 0 Å².